The standard InChI is InChI=1S/C18H41NSi2/c1-12(2)19(17(10)16(9)18(11)20)21(13(3)4,14(5)6)15(7)8/h12-15,17H,1-11,20H3. The Hall–Kier alpha value is 0.134. The maximum atomic E-state index is 2.96. The molecule has 0 bridgehead atoms. The first kappa shape index (κ1) is 21.1. The van der Waals surface area contributed by atoms with E-state index >= 15 is 0 Å². The third-order valence-electron chi connectivity index (χ3n) is 5.61. The lowest BCUT2D eigenvalue weighted by molar-refractivity contribution is 0.285. The Morgan fingerprint density at radius 2 is 1.10 bits per heavy atom. The van der Waals surface area contributed by atoms with Crippen molar-refractivity contribution in [2.45, 2.75) is 105 Å². The van der Waals surface area contributed by atoms with Gasteiger partial charge in [0.2, 0.25) is 0 Å². The second-order valence-electron chi connectivity index (χ2n) is 8.21. The normalized spacial score (nSPS) is 16.6. The molecule has 0 saturated heterocycles. The van der Waals surface area contributed by atoms with Crippen molar-refractivity contribution < 1.29 is 0 Å². The van der Waals surface area contributed by atoms with Crippen LogP contribution >= 0.6 is 0 Å². The highest BCUT2D eigenvalue weighted by Crippen LogP contribution is 2.46. The van der Waals surface area contributed by atoms with E-state index in [0.29, 0.717) is 12.1 Å². The van der Waals surface area contributed by atoms with Gasteiger partial charge in [-0.25, -0.2) is 0 Å². The predicted molar refractivity (Wildman–Crippen MR) is 106 cm³/mol. The molecule has 0 aliphatic heterocycles. The third-order valence-corrected chi connectivity index (χ3v) is 13.7. The zero-order valence-corrected chi connectivity index (χ0v) is 19.8. The van der Waals surface area contributed by atoms with Gasteiger partial charge in [0.05, 0.1) is 0 Å². The van der Waals surface area contributed by atoms with Gasteiger partial charge in [-0.3, -0.25) is 0 Å². The quantitative estimate of drug-likeness (QED) is 0.600. The molecule has 0 heterocycles. The van der Waals surface area contributed by atoms with Crippen molar-refractivity contribution >= 4 is 18.5 Å². The van der Waals surface area contributed by atoms with Crippen molar-refractivity contribution in [3.05, 3.63) is 10.8 Å². The van der Waals surface area contributed by atoms with E-state index in [2.05, 4.69) is 80.7 Å². The van der Waals surface area contributed by atoms with Gasteiger partial charge in [0, 0.05) is 16.3 Å². The number of nitrogens with zero attached hydrogens (tertiary/aromatic N) is 1. The SMILES string of the molecule is CC([SiH3])=C(C)C(C)N(C(C)C)[Si](C(C)C)(C(C)C)C(C)C. The minimum Gasteiger partial charge on any atom is -0.314 e. The van der Waals surface area contributed by atoms with E-state index in [1.165, 1.54) is 10.2 Å². The van der Waals surface area contributed by atoms with Crippen LogP contribution in [0.25, 0.3) is 0 Å². The topological polar surface area (TPSA) is 3.24 Å². The molecule has 0 rings (SSSR count). The predicted octanol–water partition coefficient (Wildman–Crippen LogP) is 4.92. The fourth-order valence-corrected chi connectivity index (χ4v) is 12.7. The Morgan fingerprint density at radius 1 is 0.762 bits per heavy atom. The fraction of sp³-hybridized carbons (Fsp3) is 0.889. The van der Waals surface area contributed by atoms with Crippen LogP contribution in [0.1, 0.15) is 76.2 Å². The van der Waals surface area contributed by atoms with Gasteiger partial charge < -0.3 is 4.57 Å². The highest BCUT2D eigenvalue weighted by molar-refractivity contribution is 6.81. The number of allylic oxidation sites excluding steroid dienone is 1. The molecule has 0 aromatic carbocycles. The highest BCUT2D eigenvalue weighted by Gasteiger charge is 2.50. The molecule has 1 unspecified atom stereocenters. The van der Waals surface area contributed by atoms with Crippen molar-refractivity contribution in [2.75, 3.05) is 0 Å². The molecule has 1 nitrogen and oxygen atoms in total. The summed E-state index contributed by atoms with van der Waals surface area (Å²) in [5.74, 6) is 0. The maximum Gasteiger partial charge on any atom is 0.136 e. The number of hydrogen-bond acceptors (Lipinski definition) is 1. The van der Waals surface area contributed by atoms with Crippen LogP contribution in [0.15, 0.2) is 10.8 Å². The van der Waals surface area contributed by atoms with Gasteiger partial charge in [-0.15, -0.1) is 0 Å². The molecule has 0 fully saturated rings. The monoisotopic (exact) mass is 327 g/mol. The molecule has 0 aliphatic carbocycles. The van der Waals surface area contributed by atoms with Gasteiger partial charge in [0.15, 0.2) is 0 Å². The minimum atomic E-state index is -1.58. The molecular weight excluding hydrogens is 286 g/mol. The Bertz CT molecular complexity index is 330. The zero-order chi connectivity index (χ0) is 17.1. The van der Waals surface area contributed by atoms with Crippen LogP contribution in [0.5, 0.6) is 0 Å². The summed E-state index contributed by atoms with van der Waals surface area (Å²) in [4.78, 5) is 0. The summed E-state index contributed by atoms with van der Waals surface area (Å²) in [6, 6.07) is 1.20. The summed E-state index contributed by atoms with van der Waals surface area (Å²) >= 11 is 0. The van der Waals surface area contributed by atoms with Gasteiger partial charge in [0.1, 0.15) is 8.24 Å². The molecule has 0 aromatic heterocycles. The Kier molecular flexibility index (Phi) is 8.17. The molecule has 1 atom stereocenters. The summed E-state index contributed by atoms with van der Waals surface area (Å²) in [6.07, 6.45) is 0. The molecule has 0 N–H and O–H groups in total. The second-order valence-corrected chi connectivity index (χ2v) is 15.5. The molecule has 0 aliphatic rings. The summed E-state index contributed by atoms with van der Waals surface area (Å²) in [5.41, 5.74) is 3.97. The van der Waals surface area contributed by atoms with E-state index in [9.17, 15) is 0 Å². The lowest BCUT2D eigenvalue weighted by atomic mass is 10.1. The number of hydrogen-bond donors (Lipinski definition) is 0. The van der Waals surface area contributed by atoms with E-state index in [0.717, 1.165) is 16.6 Å². The molecule has 126 valence electrons. The first-order chi connectivity index (χ1) is 9.42. The fourth-order valence-electron chi connectivity index (χ4n) is 4.75. The summed E-state index contributed by atoms with van der Waals surface area (Å²) in [7, 11) is -0.391. The van der Waals surface area contributed by atoms with Crippen molar-refractivity contribution in [3.63, 3.8) is 0 Å². The van der Waals surface area contributed by atoms with Crippen molar-refractivity contribution in [1.82, 2.24) is 4.57 Å². The summed E-state index contributed by atoms with van der Waals surface area (Å²) in [5, 5.41) is 1.62. The van der Waals surface area contributed by atoms with Crippen LogP contribution in [0.2, 0.25) is 16.6 Å². The van der Waals surface area contributed by atoms with Crippen LogP contribution in [-0.4, -0.2) is 35.1 Å². The van der Waals surface area contributed by atoms with E-state index in [4.69, 9.17) is 0 Å². The third kappa shape index (κ3) is 4.11. The van der Waals surface area contributed by atoms with Crippen molar-refractivity contribution in [2.24, 2.45) is 0 Å². The summed E-state index contributed by atoms with van der Waals surface area (Å²) < 4.78 is 2.96. The molecule has 0 spiro atoms. The molecule has 3 heteroatoms. The first-order valence-electron chi connectivity index (χ1n) is 8.84. The van der Waals surface area contributed by atoms with Crippen molar-refractivity contribution in [1.29, 1.82) is 0 Å². The minimum absolute atomic E-state index is 0.585. The van der Waals surface area contributed by atoms with E-state index < -0.39 is 8.24 Å². The Labute approximate surface area is 139 Å². The second kappa shape index (κ2) is 8.12. The zero-order valence-electron chi connectivity index (χ0n) is 16.8. The van der Waals surface area contributed by atoms with Crippen LogP contribution < -0.4 is 0 Å². The average Bonchev–Trinajstić information content (AvgIpc) is 2.31. The largest absolute Gasteiger partial charge is 0.314 e. The smallest absolute Gasteiger partial charge is 0.136 e. The molecule has 0 aromatic rings. The average molecular weight is 328 g/mol. The van der Waals surface area contributed by atoms with E-state index in [1.54, 1.807) is 10.8 Å². The Balaban J connectivity index is 6.17. The molecule has 0 radical (unpaired) electrons. The molecular formula is C18H41NSi2. The highest BCUT2D eigenvalue weighted by atomic mass is 28.3. The van der Waals surface area contributed by atoms with Crippen LogP contribution in [0.4, 0.5) is 0 Å². The first-order valence-corrected chi connectivity index (χ1v) is 12.0. The van der Waals surface area contributed by atoms with Gasteiger partial charge in [-0.05, 0) is 43.4 Å². The van der Waals surface area contributed by atoms with Gasteiger partial charge in [0.25, 0.3) is 0 Å². The molecule has 0 saturated carbocycles. The van der Waals surface area contributed by atoms with Crippen molar-refractivity contribution in [3.8, 4) is 0 Å². The van der Waals surface area contributed by atoms with Gasteiger partial charge in [-0.1, -0.05) is 66.2 Å². The Morgan fingerprint density at radius 3 is 1.29 bits per heavy atom. The maximum absolute atomic E-state index is 2.96. The lowest BCUT2D eigenvalue weighted by Crippen LogP contribution is -2.65. The van der Waals surface area contributed by atoms with E-state index in [1.807, 2.05) is 0 Å². The van der Waals surface area contributed by atoms with Crippen LogP contribution in [0, 0.1) is 0 Å². The molecule has 0 amide bonds. The van der Waals surface area contributed by atoms with E-state index in [-0.39, 0.29) is 0 Å². The number of rotatable bonds is 7. The van der Waals surface area contributed by atoms with Gasteiger partial charge in [-0.2, -0.15) is 0 Å². The van der Waals surface area contributed by atoms with Crippen LogP contribution in [0.3, 0.4) is 0 Å². The molecule has 21 heavy (non-hydrogen) atoms. The van der Waals surface area contributed by atoms with Gasteiger partial charge >= 0.3 is 0 Å². The lowest BCUT2D eigenvalue weighted by Gasteiger charge is -2.56. The summed E-state index contributed by atoms with van der Waals surface area (Å²) in [6.45, 7) is 26.8. The van der Waals surface area contributed by atoms with Crippen LogP contribution in [-0.2, 0) is 0 Å².